The number of rotatable bonds is 8. The maximum Gasteiger partial charge on any atom is 0.220 e. The summed E-state index contributed by atoms with van der Waals surface area (Å²) in [4.78, 5) is 25.9. The summed E-state index contributed by atoms with van der Waals surface area (Å²) in [5.74, 6) is 0.639. The number of nitrogens with zero attached hydrogens (tertiary/aromatic N) is 2. The number of hydrogen-bond donors (Lipinski definition) is 3. The minimum Gasteiger partial charge on any atom is -0.356 e. The van der Waals surface area contributed by atoms with E-state index in [1.165, 1.54) is 13.3 Å². The van der Waals surface area contributed by atoms with Crippen LogP contribution in [0.4, 0.5) is 0 Å². The largest absolute Gasteiger partial charge is 0.356 e. The molecule has 1 rings (SSSR count). The van der Waals surface area contributed by atoms with Crippen LogP contribution in [0.15, 0.2) is 6.33 Å². The van der Waals surface area contributed by atoms with E-state index in [2.05, 4.69) is 25.8 Å². The Hall–Kier alpha value is -1.92. The molecule has 0 aliphatic heterocycles. The number of carbonyl (C=O) groups excluding carboxylic acids is 2. The lowest BCUT2D eigenvalue weighted by Gasteiger charge is -2.03. The van der Waals surface area contributed by atoms with Crippen LogP contribution in [0.25, 0.3) is 0 Å². The predicted octanol–water partition coefficient (Wildman–Crippen LogP) is 0.117. The number of amides is 2. The Morgan fingerprint density at radius 3 is 2.78 bits per heavy atom. The standard InChI is InChI=1S/C11H19N5O2/c1-9(17)12-6-4-2-3-5-11(18)13-7-10-14-8-15-16-10/h8H,2-7H2,1H3,(H,12,17)(H,13,18)(H,14,15,16). The van der Waals surface area contributed by atoms with Crippen molar-refractivity contribution in [2.24, 2.45) is 0 Å². The lowest BCUT2D eigenvalue weighted by Crippen LogP contribution is -2.23. The Bertz CT molecular complexity index is 364. The summed E-state index contributed by atoms with van der Waals surface area (Å²) in [7, 11) is 0. The second kappa shape index (κ2) is 8.21. The van der Waals surface area contributed by atoms with Crippen molar-refractivity contribution >= 4 is 11.8 Å². The van der Waals surface area contributed by atoms with Crippen molar-refractivity contribution in [3.63, 3.8) is 0 Å². The SMILES string of the molecule is CC(=O)NCCCCCC(=O)NCc1ncn[nH]1. The molecule has 2 amide bonds. The Kier molecular flexibility index (Phi) is 6.45. The minimum atomic E-state index is -0.0141. The zero-order valence-electron chi connectivity index (χ0n) is 10.5. The Morgan fingerprint density at radius 2 is 2.11 bits per heavy atom. The van der Waals surface area contributed by atoms with Gasteiger partial charge < -0.3 is 10.6 Å². The van der Waals surface area contributed by atoms with E-state index in [0.717, 1.165) is 19.3 Å². The molecule has 0 bridgehead atoms. The fourth-order valence-corrected chi connectivity index (χ4v) is 1.44. The van der Waals surface area contributed by atoms with Crippen LogP contribution in [0, 0.1) is 0 Å². The number of H-pyrrole nitrogens is 1. The van der Waals surface area contributed by atoms with E-state index in [1.54, 1.807) is 0 Å². The van der Waals surface area contributed by atoms with Gasteiger partial charge in [-0.3, -0.25) is 14.7 Å². The van der Waals surface area contributed by atoms with Gasteiger partial charge in [0.05, 0.1) is 6.54 Å². The van der Waals surface area contributed by atoms with Gasteiger partial charge in [-0.1, -0.05) is 6.42 Å². The van der Waals surface area contributed by atoms with Crippen LogP contribution in [0.5, 0.6) is 0 Å². The first-order chi connectivity index (χ1) is 8.68. The second-order valence-corrected chi connectivity index (χ2v) is 4.00. The van der Waals surface area contributed by atoms with Crippen LogP contribution < -0.4 is 10.6 Å². The number of aromatic nitrogens is 3. The molecule has 1 aromatic rings. The molecule has 3 N–H and O–H groups in total. The van der Waals surface area contributed by atoms with Crippen molar-refractivity contribution in [3.8, 4) is 0 Å². The lowest BCUT2D eigenvalue weighted by atomic mass is 10.2. The molecule has 1 heterocycles. The van der Waals surface area contributed by atoms with Crippen molar-refractivity contribution in [3.05, 3.63) is 12.2 Å². The van der Waals surface area contributed by atoms with Crippen molar-refractivity contribution in [1.82, 2.24) is 25.8 Å². The molecule has 0 spiro atoms. The van der Waals surface area contributed by atoms with E-state index in [9.17, 15) is 9.59 Å². The topological polar surface area (TPSA) is 99.8 Å². The van der Waals surface area contributed by atoms with Gasteiger partial charge in [0.15, 0.2) is 0 Å². The van der Waals surface area contributed by atoms with Crippen LogP contribution in [0.2, 0.25) is 0 Å². The van der Waals surface area contributed by atoms with Crippen molar-refractivity contribution in [2.75, 3.05) is 6.54 Å². The number of carbonyl (C=O) groups is 2. The molecule has 0 aliphatic rings. The predicted molar refractivity (Wildman–Crippen MR) is 65.4 cm³/mol. The number of aromatic amines is 1. The van der Waals surface area contributed by atoms with Gasteiger partial charge in [0, 0.05) is 19.9 Å². The lowest BCUT2D eigenvalue weighted by molar-refractivity contribution is -0.121. The van der Waals surface area contributed by atoms with Gasteiger partial charge >= 0.3 is 0 Å². The molecule has 0 atom stereocenters. The zero-order chi connectivity index (χ0) is 13.2. The molecule has 0 saturated carbocycles. The summed E-state index contributed by atoms with van der Waals surface area (Å²) >= 11 is 0. The molecular weight excluding hydrogens is 234 g/mol. The van der Waals surface area contributed by atoms with E-state index in [-0.39, 0.29) is 11.8 Å². The van der Waals surface area contributed by atoms with Crippen molar-refractivity contribution in [1.29, 1.82) is 0 Å². The molecule has 0 aromatic carbocycles. The first kappa shape index (κ1) is 14.1. The van der Waals surface area contributed by atoms with Gasteiger partial charge in [0.2, 0.25) is 11.8 Å². The number of hydrogen-bond acceptors (Lipinski definition) is 4. The molecule has 0 saturated heterocycles. The van der Waals surface area contributed by atoms with Crippen molar-refractivity contribution < 1.29 is 9.59 Å². The molecule has 0 aliphatic carbocycles. The van der Waals surface area contributed by atoms with E-state index in [1.807, 2.05) is 0 Å². The highest BCUT2D eigenvalue weighted by Gasteiger charge is 2.02. The third-order valence-corrected chi connectivity index (χ3v) is 2.37. The Morgan fingerprint density at radius 1 is 1.28 bits per heavy atom. The van der Waals surface area contributed by atoms with Crippen LogP contribution in [-0.4, -0.2) is 33.5 Å². The van der Waals surface area contributed by atoms with E-state index in [0.29, 0.717) is 25.3 Å². The summed E-state index contributed by atoms with van der Waals surface area (Å²) in [5.41, 5.74) is 0. The third kappa shape index (κ3) is 6.62. The first-order valence-electron chi connectivity index (χ1n) is 6.04. The monoisotopic (exact) mass is 253 g/mol. The van der Waals surface area contributed by atoms with Crippen molar-refractivity contribution in [2.45, 2.75) is 39.2 Å². The number of nitrogens with one attached hydrogen (secondary N) is 3. The Balaban J connectivity index is 1.95. The van der Waals surface area contributed by atoms with Crippen LogP contribution in [0.3, 0.4) is 0 Å². The third-order valence-electron chi connectivity index (χ3n) is 2.37. The first-order valence-corrected chi connectivity index (χ1v) is 6.04. The van der Waals surface area contributed by atoms with Gasteiger partial charge in [-0.25, -0.2) is 4.98 Å². The van der Waals surface area contributed by atoms with Crippen LogP contribution in [-0.2, 0) is 16.1 Å². The van der Waals surface area contributed by atoms with Gasteiger partial charge in [0.25, 0.3) is 0 Å². The summed E-state index contributed by atoms with van der Waals surface area (Å²) in [6.45, 7) is 2.55. The second-order valence-electron chi connectivity index (χ2n) is 4.00. The molecule has 0 radical (unpaired) electrons. The molecular formula is C11H19N5O2. The van der Waals surface area contributed by atoms with E-state index in [4.69, 9.17) is 0 Å². The van der Waals surface area contributed by atoms with Gasteiger partial charge in [-0.15, -0.1) is 0 Å². The number of unbranched alkanes of at least 4 members (excludes halogenated alkanes) is 2. The van der Waals surface area contributed by atoms with Crippen LogP contribution >= 0.6 is 0 Å². The fourth-order valence-electron chi connectivity index (χ4n) is 1.44. The highest BCUT2D eigenvalue weighted by Crippen LogP contribution is 1.99. The minimum absolute atomic E-state index is 0.00549. The maximum atomic E-state index is 11.4. The Labute approximate surface area is 106 Å². The normalized spacial score (nSPS) is 10.1. The molecule has 100 valence electrons. The smallest absolute Gasteiger partial charge is 0.220 e. The molecule has 1 aromatic heterocycles. The average molecular weight is 253 g/mol. The highest BCUT2D eigenvalue weighted by molar-refractivity contribution is 5.75. The van der Waals surface area contributed by atoms with E-state index >= 15 is 0 Å². The molecule has 0 unspecified atom stereocenters. The molecule has 7 nitrogen and oxygen atoms in total. The quantitative estimate of drug-likeness (QED) is 0.573. The molecule has 18 heavy (non-hydrogen) atoms. The fraction of sp³-hybridized carbons (Fsp3) is 0.636. The summed E-state index contributed by atoms with van der Waals surface area (Å²) in [6.07, 6.45) is 4.55. The summed E-state index contributed by atoms with van der Waals surface area (Å²) in [6, 6.07) is 0. The molecule has 0 fully saturated rings. The van der Waals surface area contributed by atoms with Gasteiger partial charge in [-0.05, 0) is 12.8 Å². The highest BCUT2D eigenvalue weighted by atomic mass is 16.2. The molecule has 7 heteroatoms. The average Bonchev–Trinajstić information content (AvgIpc) is 2.83. The van der Waals surface area contributed by atoms with Gasteiger partial charge in [0.1, 0.15) is 12.2 Å². The van der Waals surface area contributed by atoms with Gasteiger partial charge in [-0.2, -0.15) is 5.10 Å². The van der Waals surface area contributed by atoms with E-state index < -0.39 is 0 Å². The summed E-state index contributed by atoms with van der Waals surface area (Å²) in [5, 5.41) is 11.8. The summed E-state index contributed by atoms with van der Waals surface area (Å²) < 4.78 is 0. The maximum absolute atomic E-state index is 11.4. The zero-order valence-corrected chi connectivity index (χ0v) is 10.5. The van der Waals surface area contributed by atoms with Crippen LogP contribution in [0.1, 0.15) is 38.4 Å².